The molecular formula is C21H22F3NOS. The Morgan fingerprint density at radius 1 is 0.815 bits per heavy atom. The first-order chi connectivity index (χ1) is 12.9. The molecule has 144 valence electrons. The van der Waals surface area contributed by atoms with E-state index >= 15 is 0 Å². The predicted molar refractivity (Wildman–Crippen MR) is 104 cm³/mol. The Labute approximate surface area is 161 Å². The zero-order chi connectivity index (χ0) is 19.3. The van der Waals surface area contributed by atoms with E-state index in [0.29, 0.717) is 0 Å². The first-order valence-corrected chi connectivity index (χ1v) is 10.2. The minimum absolute atomic E-state index is 0.221. The van der Waals surface area contributed by atoms with Gasteiger partial charge in [0.2, 0.25) is 0 Å². The Morgan fingerprint density at radius 2 is 1.37 bits per heavy atom. The highest BCUT2D eigenvalue weighted by molar-refractivity contribution is 7.99. The summed E-state index contributed by atoms with van der Waals surface area (Å²) < 4.78 is 39.5. The number of halogens is 3. The van der Waals surface area contributed by atoms with Gasteiger partial charge >= 0.3 is 12.1 Å². The van der Waals surface area contributed by atoms with Gasteiger partial charge in [0, 0.05) is 16.3 Å². The Kier molecular flexibility index (Phi) is 6.47. The zero-order valence-corrected chi connectivity index (χ0v) is 15.8. The molecule has 0 spiro atoms. The lowest BCUT2D eigenvalue weighted by Gasteiger charge is -2.24. The second kappa shape index (κ2) is 8.83. The van der Waals surface area contributed by atoms with E-state index < -0.39 is 12.1 Å². The highest BCUT2D eigenvalue weighted by Crippen LogP contribution is 2.33. The van der Waals surface area contributed by atoms with Crippen LogP contribution in [0.4, 0.5) is 24.5 Å². The van der Waals surface area contributed by atoms with Gasteiger partial charge < -0.3 is 0 Å². The zero-order valence-electron chi connectivity index (χ0n) is 15.0. The standard InChI is InChI=1S/C21H22F3NOS/c22-21(23,24)20(26)25-17-9-7-16(8-10-17)6-4-2-1-3-5-15-27-19-13-11-18(25)12-14-19/h7-14H,1-6,15H2. The highest BCUT2D eigenvalue weighted by Gasteiger charge is 2.43. The second-order valence-electron chi connectivity index (χ2n) is 6.66. The van der Waals surface area contributed by atoms with E-state index in [0.717, 1.165) is 46.8 Å². The number of benzene rings is 2. The van der Waals surface area contributed by atoms with Gasteiger partial charge in [-0.05, 0) is 67.0 Å². The maximum Gasteiger partial charge on any atom is 0.472 e. The number of alkyl halides is 3. The van der Waals surface area contributed by atoms with E-state index in [1.54, 1.807) is 48.2 Å². The quantitative estimate of drug-likeness (QED) is 0.508. The van der Waals surface area contributed by atoms with Crippen molar-refractivity contribution < 1.29 is 18.0 Å². The van der Waals surface area contributed by atoms with Crippen LogP contribution in [-0.2, 0) is 11.2 Å². The molecule has 2 aromatic rings. The molecule has 0 radical (unpaired) electrons. The molecule has 2 aromatic carbocycles. The Balaban J connectivity index is 1.97. The molecule has 3 heterocycles. The van der Waals surface area contributed by atoms with Crippen molar-refractivity contribution in [1.82, 2.24) is 0 Å². The molecule has 3 aliphatic rings. The largest absolute Gasteiger partial charge is 0.472 e. The molecule has 3 aliphatic heterocycles. The number of amides is 1. The number of aryl methyl sites for hydroxylation is 1. The fourth-order valence-electron chi connectivity index (χ4n) is 3.17. The third kappa shape index (κ3) is 5.28. The van der Waals surface area contributed by atoms with Crippen LogP contribution in [0.3, 0.4) is 0 Å². The van der Waals surface area contributed by atoms with E-state index in [2.05, 4.69) is 0 Å². The lowest BCUT2D eigenvalue weighted by molar-refractivity contribution is -0.169. The van der Waals surface area contributed by atoms with Gasteiger partial charge in [-0.25, -0.2) is 0 Å². The van der Waals surface area contributed by atoms with Crippen LogP contribution >= 0.6 is 11.8 Å². The average molecular weight is 393 g/mol. The molecule has 0 unspecified atom stereocenters. The lowest BCUT2D eigenvalue weighted by atomic mass is 10.0. The number of hydrogen-bond donors (Lipinski definition) is 0. The maximum atomic E-state index is 13.2. The molecule has 0 aliphatic carbocycles. The summed E-state index contributed by atoms with van der Waals surface area (Å²) in [5.74, 6) is -0.892. The Bertz CT molecular complexity index is 703. The molecule has 1 amide bonds. The van der Waals surface area contributed by atoms with Gasteiger partial charge in [-0.1, -0.05) is 31.4 Å². The summed E-state index contributed by atoms with van der Waals surface area (Å²) in [6.07, 6.45) is 1.69. The SMILES string of the molecule is O=C(N1c2ccc(cc2)CCCCCCCSc2ccc1cc2)C(F)(F)F. The lowest BCUT2D eigenvalue weighted by Crippen LogP contribution is -2.38. The molecule has 4 bridgehead atoms. The minimum atomic E-state index is -4.94. The van der Waals surface area contributed by atoms with Crippen LogP contribution < -0.4 is 4.90 Å². The van der Waals surface area contributed by atoms with Gasteiger partial charge in [-0.15, -0.1) is 11.8 Å². The number of nitrogens with zero attached hydrogens (tertiary/aromatic N) is 1. The molecule has 0 N–H and O–H groups in total. The fraction of sp³-hybridized carbons (Fsp3) is 0.381. The molecule has 2 nitrogen and oxygen atoms in total. The van der Waals surface area contributed by atoms with Crippen molar-refractivity contribution in [3.8, 4) is 0 Å². The molecule has 0 atom stereocenters. The van der Waals surface area contributed by atoms with Gasteiger partial charge in [-0.2, -0.15) is 13.2 Å². The molecule has 5 rings (SSSR count). The van der Waals surface area contributed by atoms with Crippen LogP contribution in [0, 0.1) is 0 Å². The summed E-state index contributed by atoms with van der Waals surface area (Å²) in [4.78, 5) is 13.8. The van der Waals surface area contributed by atoms with Gasteiger partial charge in [0.05, 0.1) is 0 Å². The number of carbonyl (C=O) groups is 1. The summed E-state index contributed by atoms with van der Waals surface area (Å²) in [7, 11) is 0. The summed E-state index contributed by atoms with van der Waals surface area (Å²) in [5.41, 5.74) is 1.53. The second-order valence-corrected chi connectivity index (χ2v) is 7.83. The number of fused-ring (bicyclic) bond motifs is 2. The van der Waals surface area contributed by atoms with Gasteiger partial charge in [0.25, 0.3) is 0 Å². The average Bonchev–Trinajstić information content (AvgIpc) is 2.65. The number of hydrogen-bond acceptors (Lipinski definition) is 2. The first-order valence-electron chi connectivity index (χ1n) is 9.18. The molecule has 0 saturated carbocycles. The Hall–Kier alpha value is -1.95. The number of carbonyl (C=O) groups excluding carboxylic acids is 1. The van der Waals surface area contributed by atoms with Crippen molar-refractivity contribution in [2.24, 2.45) is 0 Å². The van der Waals surface area contributed by atoms with Crippen LogP contribution in [0.25, 0.3) is 0 Å². The summed E-state index contributed by atoms with van der Waals surface area (Å²) in [6, 6.07) is 13.5. The topological polar surface area (TPSA) is 20.3 Å². The van der Waals surface area contributed by atoms with Crippen LogP contribution in [0.15, 0.2) is 53.4 Å². The van der Waals surface area contributed by atoms with E-state index in [1.165, 1.54) is 12.8 Å². The number of thioether (sulfide) groups is 1. The van der Waals surface area contributed by atoms with Crippen LogP contribution in [-0.4, -0.2) is 17.8 Å². The molecular weight excluding hydrogens is 371 g/mol. The summed E-state index contributed by atoms with van der Waals surface area (Å²) in [6.45, 7) is 0. The smallest absolute Gasteiger partial charge is 0.273 e. The first kappa shape index (κ1) is 19.8. The van der Waals surface area contributed by atoms with Crippen LogP contribution in [0.5, 0.6) is 0 Å². The van der Waals surface area contributed by atoms with Crippen LogP contribution in [0.1, 0.15) is 37.7 Å². The highest BCUT2D eigenvalue weighted by atomic mass is 32.2. The van der Waals surface area contributed by atoms with E-state index in [4.69, 9.17) is 0 Å². The third-order valence-corrected chi connectivity index (χ3v) is 5.71. The van der Waals surface area contributed by atoms with Gasteiger partial charge in [0.15, 0.2) is 0 Å². The summed E-state index contributed by atoms with van der Waals surface area (Å²) in [5, 5.41) is 0. The maximum absolute atomic E-state index is 13.2. The molecule has 0 aromatic heterocycles. The summed E-state index contributed by atoms with van der Waals surface area (Å²) >= 11 is 1.69. The minimum Gasteiger partial charge on any atom is -0.273 e. The van der Waals surface area contributed by atoms with Gasteiger partial charge in [-0.3, -0.25) is 9.69 Å². The predicted octanol–water partition coefficient (Wildman–Crippen LogP) is 6.51. The molecule has 0 saturated heterocycles. The van der Waals surface area contributed by atoms with Crippen LogP contribution in [0.2, 0.25) is 0 Å². The monoisotopic (exact) mass is 393 g/mol. The van der Waals surface area contributed by atoms with E-state index in [-0.39, 0.29) is 11.4 Å². The Morgan fingerprint density at radius 3 is 2.00 bits per heavy atom. The molecule has 0 fully saturated rings. The van der Waals surface area contributed by atoms with E-state index in [9.17, 15) is 18.0 Å². The van der Waals surface area contributed by atoms with Gasteiger partial charge in [0.1, 0.15) is 0 Å². The van der Waals surface area contributed by atoms with Crippen molar-refractivity contribution in [2.45, 2.75) is 49.6 Å². The normalized spacial score (nSPS) is 16.3. The van der Waals surface area contributed by atoms with Crippen molar-refractivity contribution in [1.29, 1.82) is 0 Å². The molecule has 27 heavy (non-hydrogen) atoms. The van der Waals surface area contributed by atoms with Crippen molar-refractivity contribution in [3.63, 3.8) is 0 Å². The molecule has 6 heteroatoms. The fourth-order valence-corrected chi connectivity index (χ4v) is 4.08. The van der Waals surface area contributed by atoms with Crippen molar-refractivity contribution >= 4 is 29.0 Å². The number of rotatable bonds is 0. The van der Waals surface area contributed by atoms with E-state index in [1.807, 2.05) is 12.1 Å². The number of anilines is 2. The van der Waals surface area contributed by atoms with Crippen molar-refractivity contribution in [2.75, 3.05) is 10.7 Å². The third-order valence-electron chi connectivity index (χ3n) is 4.61. The van der Waals surface area contributed by atoms with Crippen molar-refractivity contribution in [3.05, 3.63) is 54.1 Å².